The van der Waals surface area contributed by atoms with Gasteiger partial charge in [0.05, 0.1) is 5.70 Å². The van der Waals surface area contributed by atoms with Crippen LogP contribution in [0.1, 0.15) is 19.8 Å². The summed E-state index contributed by atoms with van der Waals surface area (Å²) in [6, 6.07) is 0. The predicted molar refractivity (Wildman–Crippen MR) is 49.8 cm³/mol. The van der Waals surface area contributed by atoms with Crippen molar-refractivity contribution in [3.63, 3.8) is 0 Å². The van der Waals surface area contributed by atoms with Gasteiger partial charge in [0, 0.05) is 0 Å². The molecule has 0 amide bonds. The molecular weight excluding hydrogens is 134 g/mol. The normalized spacial score (nSPS) is 17.9. The molecule has 11 heavy (non-hydrogen) atoms. The molecule has 0 N–H and O–H groups in total. The second kappa shape index (κ2) is 3.91. The third kappa shape index (κ3) is 1.90. The van der Waals surface area contributed by atoms with Crippen molar-refractivity contribution in [3.05, 3.63) is 35.6 Å². The van der Waals surface area contributed by atoms with Crippen LogP contribution in [0.5, 0.6) is 0 Å². The second-order valence-electron chi connectivity index (χ2n) is 2.49. The van der Waals surface area contributed by atoms with Crippen molar-refractivity contribution >= 4 is 6.72 Å². The second-order valence-corrected chi connectivity index (χ2v) is 2.49. The van der Waals surface area contributed by atoms with Crippen LogP contribution in [0.2, 0.25) is 0 Å². The van der Waals surface area contributed by atoms with Crippen LogP contribution in [-0.4, -0.2) is 6.72 Å². The summed E-state index contributed by atoms with van der Waals surface area (Å²) in [5.74, 6) is 0. The highest BCUT2D eigenvalue weighted by atomic mass is 14.7. The number of aliphatic imine (C=N–C) groups is 1. The Kier molecular flexibility index (Phi) is 2.84. The minimum Gasteiger partial charge on any atom is -0.265 e. The Bertz CT molecular complexity index is 231. The van der Waals surface area contributed by atoms with E-state index in [9.17, 15) is 0 Å². The van der Waals surface area contributed by atoms with Crippen LogP contribution >= 0.6 is 0 Å². The zero-order valence-corrected chi connectivity index (χ0v) is 6.88. The lowest BCUT2D eigenvalue weighted by Crippen LogP contribution is -1.89. The zero-order valence-electron chi connectivity index (χ0n) is 6.88. The number of hydrogen-bond donors (Lipinski definition) is 0. The van der Waals surface area contributed by atoms with Crippen molar-refractivity contribution in [2.24, 2.45) is 4.99 Å². The fraction of sp³-hybridized carbons (Fsp3) is 0.300. The fourth-order valence-corrected chi connectivity index (χ4v) is 1.19. The van der Waals surface area contributed by atoms with E-state index >= 15 is 0 Å². The molecule has 1 nitrogen and oxygen atoms in total. The number of allylic oxidation sites excluding steroid dienone is 5. The van der Waals surface area contributed by atoms with Crippen LogP contribution < -0.4 is 0 Å². The molecule has 0 aromatic heterocycles. The summed E-state index contributed by atoms with van der Waals surface area (Å²) in [5.41, 5.74) is 2.32. The minimum atomic E-state index is 1.02. The molecular formula is C10H13N. The molecule has 1 aliphatic rings. The van der Waals surface area contributed by atoms with Gasteiger partial charge in [-0.15, -0.1) is 0 Å². The number of hydrogen-bond acceptors (Lipinski definition) is 1. The minimum absolute atomic E-state index is 1.02. The lowest BCUT2D eigenvalue weighted by Gasteiger charge is -2.07. The van der Waals surface area contributed by atoms with Gasteiger partial charge in [-0.3, -0.25) is 4.99 Å². The molecule has 0 unspecified atom stereocenters. The van der Waals surface area contributed by atoms with E-state index in [1.165, 1.54) is 5.57 Å². The van der Waals surface area contributed by atoms with Crippen LogP contribution in [0.3, 0.4) is 0 Å². The molecule has 0 saturated carbocycles. The van der Waals surface area contributed by atoms with Gasteiger partial charge in [-0.05, 0) is 32.1 Å². The molecule has 1 aliphatic carbocycles. The molecule has 0 aromatic carbocycles. The lowest BCUT2D eigenvalue weighted by atomic mass is 10.0. The average molecular weight is 147 g/mol. The summed E-state index contributed by atoms with van der Waals surface area (Å²) < 4.78 is 0. The molecule has 0 spiro atoms. The summed E-state index contributed by atoms with van der Waals surface area (Å²) >= 11 is 0. The Labute approximate surface area is 67.8 Å². The van der Waals surface area contributed by atoms with Crippen molar-refractivity contribution in [3.8, 4) is 0 Å². The predicted octanol–water partition coefficient (Wildman–Crippen LogP) is 2.87. The Balaban J connectivity index is 2.80. The fourth-order valence-electron chi connectivity index (χ4n) is 1.19. The highest BCUT2D eigenvalue weighted by Gasteiger charge is 2.02. The highest BCUT2D eigenvalue weighted by Crippen LogP contribution is 2.20. The van der Waals surface area contributed by atoms with Crippen LogP contribution in [0.25, 0.3) is 0 Å². The van der Waals surface area contributed by atoms with Gasteiger partial charge in [-0.1, -0.05) is 24.3 Å². The third-order valence-corrected chi connectivity index (χ3v) is 1.79. The molecule has 0 fully saturated rings. The summed E-state index contributed by atoms with van der Waals surface area (Å²) in [4.78, 5) is 3.94. The van der Waals surface area contributed by atoms with Crippen LogP contribution in [0.4, 0.5) is 0 Å². The van der Waals surface area contributed by atoms with E-state index in [1.807, 2.05) is 13.0 Å². The molecule has 0 aliphatic heterocycles. The van der Waals surface area contributed by atoms with Crippen LogP contribution in [0.15, 0.2) is 40.6 Å². The standard InChI is InChI=1S/C10H13N/c1-3-10(11-2)9-7-5-4-6-8-9/h3-5,7H,2,6,8H2,1H3. The topological polar surface area (TPSA) is 12.4 Å². The summed E-state index contributed by atoms with van der Waals surface area (Å²) in [6.45, 7) is 5.51. The molecule has 0 atom stereocenters. The number of rotatable bonds is 2. The molecule has 1 rings (SSSR count). The van der Waals surface area contributed by atoms with Crippen molar-refractivity contribution in [2.45, 2.75) is 19.8 Å². The maximum Gasteiger partial charge on any atom is 0.0611 e. The first kappa shape index (κ1) is 7.99. The van der Waals surface area contributed by atoms with Gasteiger partial charge < -0.3 is 0 Å². The molecule has 0 aromatic rings. The van der Waals surface area contributed by atoms with Gasteiger partial charge in [0.2, 0.25) is 0 Å². The largest absolute Gasteiger partial charge is 0.265 e. The Morgan fingerprint density at radius 3 is 3.00 bits per heavy atom. The first-order valence-electron chi connectivity index (χ1n) is 3.87. The van der Waals surface area contributed by atoms with Crippen molar-refractivity contribution in [1.29, 1.82) is 0 Å². The first-order valence-corrected chi connectivity index (χ1v) is 3.87. The molecule has 0 heterocycles. The van der Waals surface area contributed by atoms with E-state index in [4.69, 9.17) is 0 Å². The lowest BCUT2D eigenvalue weighted by molar-refractivity contribution is 0.962. The molecule has 0 bridgehead atoms. The van der Waals surface area contributed by atoms with Crippen molar-refractivity contribution < 1.29 is 0 Å². The Morgan fingerprint density at radius 2 is 2.55 bits per heavy atom. The van der Waals surface area contributed by atoms with Crippen molar-refractivity contribution in [2.75, 3.05) is 0 Å². The van der Waals surface area contributed by atoms with E-state index in [1.54, 1.807) is 0 Å². The molecule has 0 radical (unpaired) electrons. The third-order valence-electron chi connectivity index (χ3n) is 1.79. The summed E-state index contributed by atoms with van der Waals surface area (Å²) in [7, 11) is 0. The van der Waals surface area contributed by atoms with E-state index in [-0.39, 0.29) is 0 Å². The maximum absolute atomic E-state index is 3.94. The summed E-state index contributed by atoms with van der Waals surface area (Å²) in [6.07, 6.45) is 10.6. The first-order chi connectivity index (χ1) is 5.38. The Hall–Kier alpha value is -1.11. The van der Waals surface area contributed by atoms with Gasteiger partial charge in [0.15, 0.2) is 0 Å². The maximum atomic E-state index is 3.94. The molecule has 0 saturated heterocycles. The van der Waals surface area contributed by atoms with Crippen LogP contribution in [-0.2, 0) is 0 Å². The van der Waals surface area contributed by atoms with Gasteiger partial charge in [-0.2, -0.15) is 0 Å². The highest BCUT2D eigenvalue weighted by molar-refractivity contribution is 5.40. The Morgan fingerprint density at radius 1 is 1.73 bits per heavy atom. The smallest absolute Gasteiger partial charge is 0.0611 e. The molecule has 58 valence electrons. The summed E-state index contributed by atoms with van der Waals surface area (Å²) in [5, 5.41) is 0. The quantitative estimate of drug-likeness (QED) is 0.532. The SMILES string of the molecule is C=NC(=CC)C1=CC=CCC1. The number of nitrogens with zero attached hydrogens (tertiary/aromatic N) is 1. The monoisotopic (exact) mass is 147 g/mol. The van der Waals surface area contributed by atoms with Gasteiger partial charge in [0.1, 0.15) is 0 Å². The van der Waals surface area contributed by atoms with Gasteiger partial charge in [0.25, 0.3) is 0 Å². The van der Waals surface area contributed by atoms with E-state index in [0.717, 1.165) is 18.5 Å². The van der Waals surface area contributed by atoms with Crippen molar-refractivity contribution in [1.82, 2.24) is 0 Å². The zero-order chi connectivity index (χ0) is 8.10. The van der Waals surface area contributed by atoms with E-state index < -0.39 is 0 Å². The van der Waals surface area contributed by atoms with Gasteiger partial charge in [-0.25, -0.2) is 0 Å². The van der Waals surface area contributed by atoms with E-state index in [2.05, 4.69) is 29.9 Å². The van der Waals surface area contributed by atoms with E-state index in [0.29, 0.717) is 0 Å². The molecule has 1 heteroatoms. The average Bonchev–Trinajstić information content (AvgIpc) is 2.09. The van der Waals surface area contributed by atoms with Gasteiger partial charge >= 0.3 is 0 Å². The van der Waals surface area contributed by atoms with Crippen LogP contribution in [0, 0.1) is 0 Å².